The molecular weight excluding hydrogens is 184 g/mol. The molecule has 5 nitrogen and oxygen atoms in total. The van der Waals surface area contributed by atoms with E-state index in [1.165, 1.54) is 14.2 Å². The van der Waals surface area contributed by atoms with Crippen LogP contribution in [0.25, 0.3) is 0 Å². The molecule has 0 unspecified atom stereocenters. The number of amides is 2. The lowest BCUT2D eigenvalue weighted by molar-refractivity contribution is 0.0815. The van der Waals surface area contributed by atoms with E-state index >= 15 is 0 Å². The highest BCUT2D eigenvalue weighted by Crippen LogP contribution is 2.13. The van der Waals surface area contributed by atoms with Crippen molar-refractivity contribution >= 4 is 11.7 Å². The molecule has 0 aromatic heterocycles. The van der Waals surface area contributed by atoms with Crippen molar-refractivity contribution in [3.8, 4) is 0 Å². The third kappa shape index (κ3) is 2.45. The average molecular weight is 195 g/mol. The lowest BCUT2D eigenvalue weighted by Gasteiger charge is -2.17. The number of hydroxylamine groups is 2. The summed E-state index contributed by atoms with van der Waals surface area (Å²) in [6.45, 7) is 0. The van der Waals surface area contributed by atoms with Gasteiger partial charge in [0, 0.05) is 0 Å². The molecule has 0 heterocycles. The van der Waals surface area contributed by atoms with E-state index in [0.717, 1.165) is 5.06 Å². The van der Waals surface area contributed by atoms with Gasteiger partial charge in [-0.05, 0) is 12.1 Å². The summed E-state index contributed by atoms with van der Waals surface area (Å²) in [6, 6.07) is 8.28. The quantitative estimate of drug-likeness (QED) is 0.684. The van der Waals surface area contributed by atoms with E-state index < -0.39 is 6.03 Å². The van der Waals surface area contributed by atoms with Gasteiger partial charge in [0.05, 0.1) is 19.9 Å². The lowest BCUT2D eigenvalue weighted by atomic mass is 10.3. The molecule has 0 N–H and O–H groups in total. The monoisotopic (exact) mass is 195 g/mol. The standard InChI is InChI=1S/C9H11N2O3/c1-13-10-9(12)11(14-2)8-6-4-3-5-7-8/h3-7H,1-2H3. The second-order valence-electron chi connectivity index (χ2n) is 2.37. The van der Waals surface area contributed by atoms with Crippen molar-refractivity contribution in [3.05, 3.63) is 30.3 Å². The number of rotatable bonds is 3. The van der Waals surface area contributed by atoms with Crippen molar-refractivity contribution in [1.82, 2.24) is 5.48 Å². The molecule has 1 rings (SSSR count). The second-order valence-corrected chi connectivity index (χ2v) is 2.37. The van der Waals surface area contributed by atoms with Gasteiger partial charge in [-0.1, -0.05) is 23.7 Å². The number of para-hydroxylation sites is 1. The Morgan fingerprint density at radius 3 is 2.43 bits per heavy atom. The SMILES string of the molecule is CO[N]C(=O)N(OC)c1ccccc1. The van der Waals surface area contributed by atoms with Crippen LogP contribution in [0.15, 0.2) is 30.3 Å². The van der Waals surface area contributed by atoms with E-state index in [0.29, 0.717) is 5.69 Å². The molecule has 2 amide bonds. The Bertz CT molecular complexity index is 289. The van der Waals surface area contributed by atoms with Crippen molar-refractivity contribution in [2.45, 2.75) is 0 Å². The van der Waals surface area contributed by atoms with Crippen molar-refractivity contribution in [3.63, 3.8) is 0 Å². The first-order valence-electron chi connectivity index (χ1n) is 3.97. The summed E-state index contributed by atoms with van der Waals surface area (Å²) in [5, 5.41) is 1.03. The molecule has 0 atom stereocenters. The predicted octanol–water partition coefficient (Wildman–Crippen LogP) is 1.34. The van der Waals surface area contributed by atoms with Gasteiger partial charge in [-0.2, -0.15) is 5.06 Å². The van der Waals surface area contributed by atoms with E-state index in [1.54, 1.807) is 24.3 Å². The highest BCUT2D eigenvalue weighted by Gasteiger charge is 2.16. The smallest absolute Gasteiger partial charge is 0.268 e. The van der Waals surface area contributed by atoms with Crippen LogP contribution in [-0.4, -0.2) is 20.3 Å². The zero-order valence-corrected chi connectivity index (χ0v) is 8.01. The average Bonchev–Trinajstić information content (AvgIpc) is 2.21. The Kier molecular flexibility index (Phi) is 3.90. The van der Waals surface area contributed by atoms with E-state index in [4.69, 9.17) is 4.84 Å². The van der Waals surface area contributed by atoms with E-state index in [2.05, 4.69) is 10.3 Å². The lowest BCUT2D eigenvalue weighted by Crippen LogP contribution is -2.34. The Labute approximate surface area is 82.1 Å². The molecule has 0 aliphatic carbocycles. The maximum absolute atomic E-state index is 11.3. The largest absolute Gasteiger partial charge is 0.394 e. The van der Waals surface area contributed by atoms with Gasteiger partial charge in [-0.15, -0.1) is 0 Å². The molecule has 5 heteroatoms. The molecule has 0 fully saturated rings. The van der Waals surface area contributed by atoms with E-state index in [9.17, 15) is 4.79 Å². The molecule has 14 heavy (non-hydrogen) atoms. The fourth-order valence-corrected chi connectivity index (χ4v) is 0.973. The van der Waals surface area contributed by atoms with Crippen LogP contribution in [0.1, 0.15) is 0 Å². The summed E-state index contributed by atoms with van der Waals surface area (Å²) in [5.41, 5.74) is 3.83. The summed E-state index contributed by atoms with van der Waals surface area (Å²) in [6.07, 6.45) is 0. The Morgan fingerprint density at radius 1 is 1.29 bits per heavy atom. The number of benzene rings is 1. The number of nitrogens with zero attached hydrogens (tertiary/aromatic N) is 2. The van der Waals surface area contributed by atoms with Crippen LogP contribution in [0.4, 0.5) is 10.5 Å². The fourth-order valence-electron chi connectivity index (χ4n) is 0.973. The molecule has 0 saturated heterocycles. The molecule has 0 saturated carbocycles. The zero-order valence-electron chi connectivity index (χ0n) is 8.01. The van der Waals surface area contributed by atoms with Gasteiger partial charge in [0.25, 0.3) is 0 Å². The Morgan fingerprint density at radius 2 is 1.93 bits per heavy atom. The van der Waals surface area contributed by atoms with Crippen LogP contribution in [0.2, 0.25) is 0 Å². The van der Waals surface area contributed by atoms with Crippen molar-refractivity contribution < 1.29 is 14.5 Å². The van der Waals surface area contributed by atoms with E-state index in [1.807, 2.05) is 6.07 Å². The first kappa shape index (κ1) is 10.5. The summed E-state index contributed by atoms with van der Waals surface area (Å²) < 4.78 is 0. The highest BCUT2D eigenvalue weighted by molar-refractivity contribution is 5.88. The third-order valence-electron chi connectivity index (χ3n) is 1.52. The number of urea groups is 1. The van der Waals surface area contributed by atoms with Crippen LogP contribution in [0, 0.1) is 0 Å². The van der Waals surface area contributed by atoms with Gasteiger partial charge in [-0.3, -0.25) is 9.68 Å². The Balaban J connectivity index is 2.77. The second kappa shape index (κ2) is 5.21. The summed E-state index contributed by atoms with van der Waals surface area (Å²) in [5.74, 6) is 0. The highest BCUT2D eigenvalue weighted by atomic mass is 16.7. The van der Waals surface area contributed by atoms with Gasteiger partial charge >= 0.3 is 6.03 Å². The maximum atomic E-state index is 11.3. The predicted molar refractivity (Wildman–Crippen MR) is 50.5 cm³/mol. The normalized spacial score (nSPS) is 9.57. The molecule has 1 radical (unpaired) electrons. The molecule has 75 valence electrons. The van der Waals surface area contributed by atoms with Crippen LogP contribution in [0.5, 0.6) is 0 Å². The van der Waals surface area contributed by atoms with Crippen molar-refractivity contribution in [2.75, 3.05) is 19.3 Å². The Hall–Kier alpha value is -1.59. The van der Waals surface area contributed by atoms with Crippen molar-refractivity contribution in [1.29, 1.82) is 0 Å². The minimum absolute atomic E-state index is 0.598. The molecule has 0 aliphatic heterocycles. The number of hydrogen-bond donors (Lipinski definition) is 0. The van der Waals surface area contributed by atoms with Gasteiger partial charge in [-0.25, -0.2) is 4.79 Å². The molecule has 1 aromatic rings. The number of anilines is 1. The third-order valence-corrected chi connectivity index (χ3v) is 1.52. The number of carbonyl (C=O) groups excluding carboxylic acids is 1. The van der Waals surface area contributed by atoms with E-state index in [-0.39, 0.29) is 0 Å². The zero-order chi connectivity index (χ0) is 10.4. The van der Waals surface area contributed by atoms with Gasteiger partial charge in [0.1, 0.15) is 0 Å². The molecule has 1 aromatic carbocycles. The molecule has 0 bridgehead atoms. The van der Waals surface area contributed by atoms with Crippen LogP contribution >= 0.6 is 0 Å². The minimum atomic E-state index is -0.610. The fraction of sp³-hybridized carbons (Fsp3) is 0.222. The molecular formula is C9H11N2O3. The summed E-state index contributed by atoms with van der Waals surface area (Å²) >= 11 is 0. The van der Waals surface area contributed by atoms with Crippen LogP contribution in [0.3, 0.4) is 0 Å². The topological polar surface area (TPSA) is 52.9 Å². The summed E-state index contributed by atoms with van der Waals surface area (Å²) in [4.78, 5) is 20.5. The first-order chi connectivity index (χ1) is 6.79. The van der Waals surface area contributed by atoms with Gasteiger partial charge in [0.2, 0.25) is 0 Å². The van der Waals surface area contributed by atoms with Crippen LogP contribution < -0.4 is 10.5 Å². The summed E-state index contributed by atoms with van der Waals surface area (Å²) in [7, 11) is 2.69. The molecule has 0 spiro atoms. The first-order valence-corrected chi connectivity index (χ1v) is 3.97. The van der Waals surface area contributed by atoms with Gasteiger partial charge in [0.15, 0.2) is 0 Å². The van der Waals surface area contributed by atoms with Gasteiger partial charge < -0.3 is 0 Å². The van der Waals surface area contributed by atoms with Crippen molar-refractivity contribution in [2.24, 2.45) is 0 Å². The number of hydrogen-bond acceptors (Lipinski definition) is 3. The maximum Gasteiger partial charge on any atom is 0.394 e. The number of carbonyl (C=O) groups is 1. The molecule has 0 aliphatic rings. The minimum Gasteiger partial charge on any atom is -0.268 e. The van der Waals surface area contributed by atoms with Crippen LogP contribution in [-0.2, 0) is 9.68 Å².